The van der Waals surface area contributed by atoms with Gasteiger partial charge in [0.1, 0.15) is 17.3 Å². The Hall–Kier alpha value is -2.01. The van der Waals surface area contributed by atoms with Crippen molar-refractivity contribution in [1.29, 1.82) is 0 Å². The zero-order chi connectivity index (χ0) is 17.7. The van der Waals surface area contributed by atoms with Crippen LogP contribution in [-0.2, 0) is 11.2 Å². The normalized spacial score (nSPS) is 18.8. The van der Waals surface area contributed by atoms with Crippen molar-refractivity contribution in [2.45, 2.75) is 38.5 Å². The first kappa shape index (κ1) is 18.3. The summed E-state index contributed by atoms with van der Waals surface area (Å²) in [6, 6.07) is 1.04. The number of hydrogen-bond donors (Lipinski definition) is 2. The molecule has 0 unspecified atom stereocenters. The van der Waals surface area contributed by atoms with Crippen LogP contribution in [0.2, 0.25) is 5.02 Å². The van der Waals surface area contributed by atoms with E-state index in [0.717, 1.165) is 31.7 Å². The Morgan fingerprint density at radius 2 is 1.75 bits per heavy atom. The van der Waals surface area contributed by atoms with Gasteiger partial charge in [0.2, 0.25) is 0 Å². The van der Waals surface area contributed by atoms with Crippen molar-refractivity contribution < 1.29 is 19.8 Å². The Bertz CT molecular complexity index is 669. The molecule has 24 heavy (non-hydrogen) atoms. The van der Waals surface area contributed by atoms with Gasteiger partial charge in [-0.15, -0.1) is 0 Å². The molecule has 0 bridgehead atoms. The van der Waals surface area contributed by atoms with E-state index in [-0.39, 0.29) is 39.9 Å². The molecule has 0 saturated heterocycles. The molecule has 130 valence electrons. The minimum Gasteiger partial charge on any atom is -0.507 e. The maximum absolute atomic E-state index is 12.7. The van der Waals surface area contributed by atoms with Crippen molar-refractivity contribution >= 4 is 23.3 Å². The fourth-order valence-electron chi connectivity index (χ4n) is 2.77. The third kappa shape index (κ3) is 4.29. The number of hydrogen-bond acceptors (Lipinski definition) is 4. The number of carbonyl (C=O) groups excluding carboxylic acids is 2. The maximum atomic E-state index is 12.7. The van der Waals surface area contributed by atoms with E-state index < -0.39 is 5.91 Å². The van der Waals surface area contributed by atoms with Gasteiger partial charge in [-0.3, -0.25) is 9.59 Å². The molecule has 1 aromatic rings. The minimum absolute atomic E-state index is 0.00116. The number of halogens is 1. The molecule has 1 aromatic carbocycles. The lowest BCUT2D eigenvalue weighted by Crippen LogP contribution is -2.29. The van der Waals surface area contributed by atoms with Crippen molar-refractivity contribution in [3.63, 3.8) is 0 Å². The van der Waals surface area contributed by atoms with E-state index in [0.29, 0.717) is 13.0 Å². The van der Waals surface area contributed by atoms with E-state index in [2.05, 4.69) is 12.2 Å². The zero-order valence-corrected chi connectivity index (χ0v) is 14.5. The molecule has 0 aliphatic carbocycles. The Morgan fingerprint density at radius 3 is 2.46 bits per heavy atom. The summed E-state index contributed by atoms with van der Waals surface area (Å²) in [5.41, 5.74) is 0.199. The number of allylic oxidation sites excluding steroid dienone is 2. The van der Waals surface area contributed by atoms with Crippen molar-refractivity contribution in [2.24, 2.45) is 0 Å². The second-order valence-electron chi connectivity index (χ2n) is 6.03. The van der Waals surface area contributed by atoms with E-state index in [1.807, 2.05) is 0 Å². The molecule has 0 aromatic heterocycles. The summed E-state index contributed by atoms with van der Waals surface area (Å²) in [7, 11) is 1.64. The average Bonchev–Trinajstić information content (AvgIpc) is 2.53. The van der Waals surface area contributed by atoms with Gasteiger partial charge in [-0.1, -0.05) is 23.8 Å². The second kappa shape index (κ2) is 8.20. The van der Waals surface area contributed by atoms with Crippen LogP contribution in [0.4, 0.5) is 0 Å². The number of phenolic OH excluding ortho intramolecular Hbond substituents is 2. The number of Topliss-reactive ketones (excluding diaryl/α,β-unsaturated/α-hetero) is 1. The van der Waals surface area contributed by atoms with Gasteiger partial charge in [-0.25, -0.2) is 0 Å². The molecule has 5 nitrogen and oxygen atoms in total. The van der Waals surface area contributed by atoms with Crippen LogP contribution in [0.5, 0.6) is 11.5 Å². The van der Waals surface area contributed by atoms with Crippen LogP contribution in [-0.4, -0.2) is 40.4 Å². The lowest BCUT2D eigenvalue weighted by atomic mass is 9.97. The van der Waals surface area contributed by atoms with Crippen molar-refractivity contribution in [1.82, 2.24) is 4.90 Å². The summed E-state index contributed by atoms with van der Waals surface area (Å²) >= 11 is 6.12. The van der Waals surface area contributed by atoms with Gasteiger partial charge >= 0.3 is 0 Å². The maximum Gasteiger partial charge on any atom is 0.257 e. The number of amides is 1. The molecule has 0 fully saturated rings. The van der Waals surface area contributed by atoms with Crippen LogP contribution in [0.15, 0.2) is 18.2 Å². The summed E-state index contributed by atoms with van der Waals surface area (Å²) < 4.78 is 0. The molecule has 0 radical (unpaired) electrons. The molecule has 6 heteroatoms. The Labute approximate surface area is 146 Å². The Morgan fingerprint density at radius 1 is 1.08 bits per heavy atom. The van der Waals surface area contributed by atoms with Gasteiger partial charge in [0.05, 0.1) is 10.6 Å². The fourth-order valence-corrected chi connectivity index (χ4v) is 2.98. The molecule has 1 aliphatic heterocycles. The second-order valence-corrected chi connectivity index (χ2v) is 6.41. The van der Waals surface area contributed by atoms with Gasteiger partial charge in [-0.2, -0.15) is 0 Å². The van der Waals surface area contributed by atoms with E-state index in [1.54, 1.807) is 7.05 Å². The number of aromatic hydroxyl groups is 2. The molecular weight excluding hydrogens is 330 g/mol. The summed E-state index contributed by atoms with van der Waals surface area (Å²) in [5, 5.41) is 19.9. The summed E-state index contributed by atoms with van der Waals surface area (Å²) in [6.45, 7) is 0.522. The number of carbonyl (C=O) groups is 2. The highest BCUT2D eigenvalue weighted by atomic mass is 35.5. The number of ketones is 1. The van der Waals surface area contributed by atoms with Crippen LogP contribution in [0.25, 0.3) is 0 Å². The van der Waals surface area contributed by atoms with Gasteiger partial charge in [0, 0.05) is 32.5 Å². The van der Waals surface area contributed by atoms with Crippen molar-refractivity contribution in [2.75, 3.05) is 13.6 Å². The first-order chi connectivity index (χ1) is 11.4. The number of fused-ring (bicyclic) bond motifs is 1. The predicted molar refractivity (Wildman–Crippen MR) is 92.7 cm³/mol. The molecule has 2 N–H and O–H groups in total. The van der Waals surface area contributed by atoms with Gasteiger partial charge in [0.25, 0.3) is 5.91 Å². The van der Waals surface area contributed by atoms with Gasteiger partial charge in [-0.05, 0) is 31.2 Å². The highest BCUT2D eigenvalue weighted by Gasteiger charge is 2.25. The molecule has 1 heterocycles. The van der Waals surface area contributed by atoms with E-state index in [9.17, 15) is 19.8 Å². The average molecular weight is 352 g/mol. The predicted octanol–water partition coefficient (Wildman–Crippen LogP) is 3.46. The Balaban J connectivity index is 2.45. The van der Waals surface area contributed by atoms with Crippen LogP contribution < -0.4 is 0 Å². The fraction of sp³-hybridized carbons (Fsp3) is 0.444. The zero-order valence-electron chi connectivity index (χ0n) is 13.7. The van der Waals surface area contributed by atoms with Crippen LogP contribution in [0.1, 0.15) is 48.0 Å². The standard InChI is InChI=1S/C18H22ClNO4/c1-20-9-7-5-3-2-4-6-8-12(21)10-13-16(18(20)24)14(22)11-15(23)17(13)19/h2-3,11,22-23H,4-10H2,1H3/b3-2+. The van der Waals surface area contributed by atoms with Crippen LogP contribution >= 0.6 is 11.6 Å². The number of rotatable bonds is 0. The van der Waals surface area contributed by atoms with Crippen molar-refractivity contribution in [3.8, 4) is 11.5 Å². The molecule has 0 atom stereocenters. The highest BCUT2D eigenvalue weighted by molar-refractivity contribution is 6.33. The summed E-state index contributed by atoms with van der Waals surface area (Å²) in [4.78, 5) is 26.4. The monoisotopic (exact) mass is 351 g/mol. The Kier molecular flexibility index (Phi) is 6.26. The summed E-state index contributed by atoms with van der Waals surface area (Å²) in [6.07, 6.45) is 7.60. The van der Waals surface area contributed by atoms with Gasteiger partial charge < -0.3 is 15.1 Å². The van der Waals surface area contributed by atoms with Gasteiger partial charge in [0.15, 0.2) is 0 Å². The molecular formula is C18H22ClNO4. The van der Waals surface area contributed by atoms with E-state index in [4.69, 9.17) is 11.6 Å². The quantitative estimate of drug-likeness (QED) is 0.702. The number of phenols is 2. The topological polar surface area (TPSA) is 77.8 Å². The lowest BCUT2D eigenvalue weighted by molar-refractivity contribution is -0.118. The molecule has 0 saturated carbocycles. The van der Waals surface area contributed by atoms with E-state index in [1.165, 1.54) is 4.90 Å². The molecule has 1 aliphatic rings. The first-order valence-electron chi connectivity index (χ1n) is 8.07. The minimum atomic E-state index is -0.404. The molecule has 1 amide bonds. The molecule has 2 rings (SSSR count). The lowest BCUT2D eigenvalue weighted by Gasteiger charge is -2.21. The van der Waals surface area contributed by atoms with Crippen LogP contribution in [0, 0.1) is 0 Å². The first-order valence-corrected chi connectivity index (χ1v) is 8.45. The summed E-state index contributed by atoms with van der Waals surface area (Å²) in [5.74, 6) is -1.17. The largest absolute Gasteiger partial charge is 0.507 e. The van der Waals surface area contributed by atoms with Crippen molar-refractivity contribution in [3.05, 3.63) is 34.4 Å². The SMILES string of the molecule is CN1CCC/C=C/CCCC(=O)Cc2c(Cl)c(O)cc(O)c2C1=O. The van der Waals surface area contributed by atoms with E-state index >= 15 is 0 Å². The molecule has 0 spiro atoms. The highest BCUT2D eigenvalue weighted by Crippen LogP contribution is 2.37. The number of nitrogens with zero attached hydrogens (tertiary/aromatic N) is 1. The smallest absolute Gasteiger partial charge is 0.257 e. The van der Waals surface area contributed by atoms with Crippen LogP contribution in [0.3, 0.4) is 0 Å². The number of benzene rings is 1. The third-order valence-corrected chi connectivity index (χ3v) is 4.53. The third-order valence-electron chi connectivity index (χ3n) is 4.11.